The number of benzene rings is 1. The summed E-state index contributed by atoms with van der Waals surface area (Å²) in [6.07, 6.45) is 0. The summed E-state index contributed by atoms with van der Waals surface area (Å²) in [6.45, 7) is 5.04. The second-order valence-electron chi connectivity index (χ2n) is 7.75. The first-order valence-electron chi connectivity index (χ1n) is 11.2. The number of carbonyl (C=O) groups excluding carboxylic acids is 2. The summed E-state index contributed by atoms with van der Waals surface area (Å²) >= 11 is 0. The summed E-state index contributed by atoms with van der Waals surface area (Å²) in [5.41, 5.74) is 0.927. The third-order valence-corrected chi connectivity index (χ3v) is 5.47. The molecule has 0 saturated carbocycles. The summed E-state index contributed by atoms with van der Waals surface area (Å²) in [7, 11) is 0. The van der Waals surface area contributed by atoms with E-state index in [4.69, 9.17) is 9.15 Å². The standard InChI is InChI=1S/C24H27N5O5/c1-2-33-23(31)16-25-24(32)20-9-8-19(34-20)17-29-22(30)11-10-21(26-29)28-14-12-27(13-15-28)18-6-4-3-5-7-18/h3-11H,2,12-17H2,1H3,(H,25,32). The minimum Gasteiger partial charge on any atom is -0.465 e. The van der Waals surface area contributed by atoms with Crippen LogP contribution in [-0.4, -0.2) is 61.0 Å². The van der Waals surface area contributed by atoms with Crippen LogP contribution >= 0.6 is 0 Å². The maximum atomic E-state index is 12.4. The molecule has 1 aliphatic heterocycles. The smallest absolute Gasteiger partial charge is 0.325 e. The number of nitrogens with one attached hydrogen (secondary N) is 1. The molecule has 0 radical (unpaired) electrons. The number of rotatable bonds is 8. The molecule has 1 N–H and O–H groups in total. The second-order valence-corrected chi connectivity index (χ2v) is 7.75. The van der Waals surface area contributed by atoms with E-state index in [2.05, 4.69) is 32.3 Å². The van der Waals surface area contributed by atoms with Gasteiger partial charge in [-0.15, -0.1) is 0 Å². The highest BCUT2D eigenvalue weighted by Crippen LogP contribution is 2.18. The van der Waals surface area contributed by atoms with Gasteiger partial charge in [-0.2, -0.15) is 5.10 Å². The van der Waals surface area contributed by atoms with E-state index in [0.29, 0.717) is 11.6 Å². The first-order chi connectivity index (χ1) is 16.5. The van der Waals surface area contributed by atoms with Crippen molar-refractivity contribution < 1.29 is 18.7 Å². The Morgan fingerprint density at radius 1 is 1.00 bits per heavy atom. The van der Waals surface area contributed by atoms with Gasteiger partial charge in [-0.1, -0.05) is 18.2 Å². The van der Waals surface area contributed by atoms with Gasteiger partial charge >= 0.3 is 5.97 Å². The van der Waals surface area contributed by atoms with Crippen molar-refractivity contribution in [3.8, 4) is 0 Å². The Balaban J connectivity index is 1.37. The van der Waals surface area contributed by atoms with Gasteiger partial charge in [0.25, 0.3) is 11.5 Å². The molecule has 3 aromatic rings. The number of nitrogens with zero attached hydrogens (tertiary/aromatic N) is 4. The molecule has 3 heterocycles. The van der Waals surface area contributed by atoms with Crippen molar-refractivity contribution in [1.29, 1.82) is 0 Å². The number of aromatic nitrogens is 2. The van der Waals surface area contributed by atoms with Crippen LogP contribution in [0.3, 0.4) is 0 Å². The molecule has 10 nitrogen and oxygen atoms in total. The third kappa shape index (κ3) is 5.64. The van der Waals surface area contributed by atoms with Crippen molar-refractivity contribution in [2.75, 3.05) is 49.1 Å². The van der Waals surface area contributed by atoms with Crippen LogP contribution in [0.25, 0.3) is 0 Å². The van der Waals surface area contributed by atoms with Gasteiger partial charge in [0.15, 0.2) is 5.76 Å². The monoisotopic (exact) mass is 465 g/mol. The lowest BCUT2D eigenvalue weighted by molar-refractivity contribution is -0.141. The van der Waals surface area contributed by atoms with Crippen molar-refractivity contribution in [3.05, 3.63) is 76.5 Å². The minimum absolute atomic E-state index is 0.0422. The van der Waals surface area contributed by atoms with E-state index < -0.39 is 11.9 Å². The zero-order valence-electron chi connectivity index (χ0n) is 19.0. The van der Waals surface area contributed by atoms with E-state index >= 15 is 0 Å². The van der Waals surface area contributed by atoms with Crippen LogP contribution in [0.5, 0.6) is 0 Å². The van der Waals surface area contributed by atoms with Crippen LogP contribution in [0.2, 0.25) is 0 Å². The van der Waals surface area contributed by atoms with Gasteiger partial charge in [0.2, 0.25) is 0 Å². The van der Waals surface area contributed by atoms with E-state index in [1.54, 1.807) is 19.1 Å². The number of piperazine rings is 1. The van der Waals surface area contributed by atoms with Gasteiger partial charge < -0.3 is 24.3 Å². The topological polar surface area (TPSA) is 110 Å². The van der Waals surface area contributed by atoms with Crippen molar-refractivity contribution >= 4 is 23.4 Å². The molecular formula is C24H27N5O5. The van der Waals surface area contributed by atoms with Crippen LogP contribution in [-0.2, 0) is 16.1 Å². The van der Waals surface area contributed by atoms with Crippen LogP contribution in [0, 0.1) is 0 Å². The average Bonchev–Trinajstić information content (AvgIpc) is 3.33. The van der Waals surface area contributed by atoms with Crippen molar-refractivity contribution in [2.24, 2.45) is 0 Å². The SMILES string of the molecule is CCOC(=O)CNC(=O)c1ccc(Cn2nc(N3CCN(c4ccccc4)CC3)ccc2=O)o1. The van der Waals surface area contributed by atoms with Crippen LogP contribution in [0.1, 0.15) is 23.2 Å². The minimum atomic E-state index is -0.537. The highest BCUT2D eigenvalue weighted by Gasteiger charge is 2.19. The first-order valence-corrected chi connectivity index (χ1v) is 11.2. The van der Waals surface area contributed by atoms with Gasteiger partial charge in [0, 0.05) is 37.9 Å². The molecule has 1 aromatic carbocycles. The van der Waals surface area contributed by atoms with Crippen LogP contribution < -0.4 is 20.7 Å². The maximum absolute atomic E-state index is 12.4. The number of anilines is 2. The third-order valence-electron chi connectivity index (χ3n) is 5.47. The van der Waals surface area contributed by atoms with E-state index in [1.807, 2.05) is 18.2 Å². The van der Waals surface area contributed by atoms with Crippen LogP contribution in [0.4, 0.5) is 11.5 Å². The van der Waals surface area contributed by atoms with E-state index in [0.717, 1.165) is 26.2 Å². The zero-order chi connectivity index (χ0) is 23.9. The van der Waals surface area contributed by atoms with E-state index in [9.17, 15) is 14.4 Å². The fraction of sp³-hybridized carbons (Fsp3) is 0.333. The number of esters is 1. The Morgan fingerprint density at radius 2 is 1.74 bits per heavy atom. The molecule has 34 heavy (non-hydrogen) atoms. The van der Waals surface area contributed by atoms with E-state index in [-0.39, 0.29) is 31.0 Å². The molecule has 4 rings (SSSR count). The highest BCUT2D eigenvalue weighted by molar-refractivity contribution is 5.93. The lowest BCUT2D eigenvalue weighted by Gasteiger charge is -2.36. The van der Waals surface area contributed by atoms with Gasteiger partial charge in [-0.05, 0) is 37.3 Å². The average molecular weight is 466 g/mol. The maximum Gasteiger partial charge on any atom is 0.325 e. The normalized spacial score (nSPS) is 13.6. The fourth-order valence-electron chi connectivity index (χ4n) is 3.74. The predicted octanol–water partition coefficient (Wildman–Crippen LogP) is 1.50. The molecule has 2 aromatic heterocycles. The number of carbonyl (C=O) groups is 2. The van der Waals surface area contributed by atoms with Crippen molar-refractivity contribution in [1.82, 2.24) is 15.1 Å². The van der Waals surface area contributed by atoms with E-state index in [1.165, 1.54) is 22.5 Å². The first kappa shape index (κ1) is 23.1. The summed E-state index contributed by atoms with van der Waals surface area (Å²) < 4.78 is 11.7. The lowest BCUT2D eigenvalue weighted by Crippen LogP contribution is -2.47. The number of para-hydroxylation sites is 1. The number of furan rings is 1. The van der Waals surface area contributed by atoms with Gasteiger partial charge in [0.1, 0.15) is 24.7 Å². The largest absolute Gasteiger partial charge is 0.465 e. The summed E-state index contributed by atoms with van der Waals surface area (Å²) in [4.78, 5) is 40.4. The number of ether oxygens (including phenoxy) is 1. The molecule has 0 bridgehead atoms. The molecule has 0 spiro atoms. The predicted molar refractivity (Wildman–Crippen MR) is 126 cm³/mol. The van der Waals surface area contributed by atoms with Gasteiger partial charge in [0.05, 0.1) is 6.61 Å². The molecule has 10 heteroatoms. The Hall–Kier alpha value is -4.08. The molecular weight excluding hydrogens is 438 g/mol. The summed E-state index contributed by atoms with van der Waals surface area (Å²) in [6, 6.07) is 16.6. The Bertz CT molecular complexity index is 1180. The highest BCUT2D eigenvalue weighted by atomic mass is 16.5. The number of amides is 1. The number of hydrogen-bond donors (Lipinski definition) is 1. The molecule has 0 aliphatic carbocycles. The molecule has 1 fully saturated rings. The quantitative estimate of drug-likeness (QED) is 0.499. The Kier molecular flexibility index (Phi) is 7.26. The lowest BCUT2D eigenvalue weighted by atomic mass is 10.2. The molecule has 0 atom stereocenters. The van der Waals surface area contributed by atoms with Crippen LogP contribution in [0.15, 0.2) is 63.8 Å². The molecule has 178 valence electrons. The zero-order valence-corrected chi connectivity index (χ0v) is 19.0. The fourth-order valence-corrected chi connectivity index (χ4v) is 3.74. The van der Waals surface area contributed by atoms with Crippen molar-refractivity contribution in [2.45, 2.75) is 13.5 Å². The Morgan fingerprint density at radius 3 is 2.47 bits per heavy atom. The summed E-state index contributed by atoms with van der Waals surface area (Å²) in [5, 5.41) is 6.95. The summed E-state index contributed by atoms with van der Waals surface area (Å²) in [5.74, 6) is 0.0955. The molecule has 0 unspecified atom stereocenters. The molecule has 1 amide bonds. The Labute approximate surface area is 196 Å². The molecule has 1 saturated heterocycles. The number of hydrogen-bond acceptors (Lipinski definition) is 8. The second kappa shape index (κ2) is 10.7. The van der Waals surface area contributed by atoms with Crippen molar-refractivity contribution in [3.63, 3.8) is 0 Å². The van der Waals surface area contributed by atoms with Gasteiger partial charge in [-0.25, -0.2) is 4.68 Å². The molecule has 1 aliphatic rings. The van der Waals surface area contributed by atoms with Gasteiger partial charge in [-0.3, -0.25) is 14.4 Å².